The second-order valence-corrected chi connectivity index (χ2v) is 9.29. The molecule has 1 aliphatic carbocycles. The molecule has 0 unspecified atom stereocenters. The van der Waals surface area contributed by atoms with E-state index < -0.39 is 0 Å². The number of nitrogens with one attached hydrogen (secondary N) is 2. The molecule has 5 nitrogen and oxygen atoms in total. The monoisotopic (exact) mass is 426 g/mol. The largest absolute Gasteiger partial charge is 0.352 e. The third kappa shape index (κ3) is 6.16. The fraction of sp³-hybridized carbons (Fsp3) is 0.600. The topological polar surface area (TPSA) is 61.0 Å². The molecular weight excluding hydrogens is 391 g/mol. The average Bonchev–Trinajstić information content (AvgIpc) is 3.26. The van der Waals surface area contributed by atoms with Gasteiger partial charge in [-0.25, -0.2) is 4.39 Å². The molecular formula is C25H35FN4O. The Kier molecular flexibility index (Phi) is 7.73. The van der Waals surface area contributed by atoms with Gasteiger partial charge in [0.15, 0.2) is 0 Å². The van der Waals surface area contributed by atoms with Crippen LogP contribution >= 0.6 is 0 Å². The summed E-state index contributed by atoms with van der Waals surface area (Å²) in [5, 5.41) is 10.5. The maximum atomic E-state index is 13.7. The summed E-state index contributed by atoms with van der Waals surface area (Å²) in [5.74, 6) is 0.926. The van der Waals surface area contributed by atoms with Crippen LogP contribution in [0.5, 0.6) is 0 Å². The molecule has 1 aromatic heterocycles. The van der Waals surface area contributed by atoms with Gasteiger partial charge < -0.3 is 5.32 Å². The molecule has 1 aromatic carbocycles. The Balaban J connectivity index is 1.22. The van der Waals surface area contributed by atoms with Crippen LogP contribution in [0.15, 0.2) is 30.5 Å². The fourth-order valence-electron chi connectivity index (χ4n) is 5.22. The van der Waals surface area contributed by atoms with E-state index in [9.17, 15) is 9.18 Å². The molecule has 0 bridgehead atoms. The second-order valence-electron chi connectivity index (χ2n) is 9.29. The number of H-pyrrole nitrogens is 1. The number of carbonyl (C=O) groups excluding carboxylic acids is 1. The van der Waals surface area contributed by atoms with Crippen LogP contribution in [0.25, 0.3) is 0 Å². The molecule has 168 valence electrons. The van der Waals surface area contributed by atoms with E-state index in [0.29, 0.717) is 23.8 Å². The van der Waals surface area contributed by atoms with E-state index in [-0.39, 0.29) is 18.3 Å². The number of carbonyl (C=O) groups is 1. The van der Waals surface area contributed by atoms with Gasteiger partial charge in [-0.3, -0.25) is 14.8 Å². The van der Waals surface area contributed by atoms with Crippen LogP contribution < -0.4 is 5.32 Å². The Labute approximate surface area is 184 Å². The molecule has 1 amide bonds. The van der Waals surface area contributed by atoms with Crippen molar-refractivity contribution in [1.82, 2.24) is 20.4 Å². The summed E-state index contributed by atoms with van der Waals surface area (Å²) in [6.45, 7) is 3.37. The number of nitrogens with zero attached hydrogens (tertiary/aromatic N) is 2. The zero-order valence-corrected chi connectivity index (χ0v) is 18.4. The number of amides is 1. The van der Waals surface area contributed by atoms with E-state index in [0.717, 1.165) is 26.1 Å². The third-order valence-corrected chi connectivity index (χ3v) is 6.98. The van der Waals surface area contributed by atoms with Crippen molar-refractivity contribution in [2.45, 2.75) is 76.8 Å². The van der Waals surface area contributed by atoms with Crippen molar-refractivity contribution in [3.63, 3.8) is 0 Å². The number of aromatic amines is 1. The highest BCUT2D eigenvalue weighted by molar-refractivity contribution is 5.75. The number of benzene rings is 1. The van der Waals surface area contributed by atoms with Crippen LogP contribution in [0.4, 0.5) is 4.39 Å². The first kappa shape index (κ1) is 22.0. The molecule has 2 aliphatic rings. The molecule has 1 atom stereocenters. The van der Waals surface area contributed by atoms with Crippen LogP contribution in [0, 0.1) is 11.7 Å². The zero-order chi connectivity index (χ0) is 21.5. The van der Waals surface area contributed by atoms with Crippen molar-refractivity contribution < 1.29 is 9.18 Å². The predicted octanol–water partition coefficient (Wildman–Crippen LogP) is 4.91. The minimum atomic E-state index is -0.266. The van der Waals surface area contributed by atoms with Gasteiger partial charge in [0.25, 0.3) is 0 Å². The number of hydrogen-bond donors (Lipinski definition) is 2. The number of hydrogen-bond acceptors (Lipinski definition) is 3. The first-order chi connectivity index (χ1) is 15.2. The summed E-state index contributed by atoms with van der Waals surface area (Å²) < 4.78 is 13.7. The molecule has 2 aromatic rings. The van der Waals surface area contributed by atoms with Gasteiger partial charge in [-0.2, -0.15) is 5.10 Å². The van der Waals surface area contributed by atoms with Crippen molar-refractivity contribution in [2.24, 2.45) is 5.92 Å². The molecule has 2 fully saturated rings. The SMILES string of the molecule is O=C(CC[C@H]1CCCN(Cc2cn[nH]c2C2CCCCC2)C1)NCc1ccccc1F. The molecule has 4 rings (SSSR count). The van der Waals surface area contributed by atoms with E-state index in [4.69, 9.17) is 0 Å². The first-order valence-electron chi connectivity index (χ1n) is 11.9. The summed E-state index contributed by atoms with van der Waals surface area (Å²) in [6.07, 6.45) is 12.3. The summed E-state index contributed by atoms with van der Waals surface area (Å²) in [5.41, 5.74) is 3.25. The molecule has 0 radical (unpaired) electrons. The minimum absolute atomic E-state index is 0.00907. The van der Waals surface area contributed by atoms with Gasteiger partial charge in [0.2, 0.25) is 5.91 Å². The molecule has 31 heavy (non-hydrogen) atoms. The van der Waals surface area contributed by atoms with Gasteiger partial charge >= 0.3 is 0 Å². The third-order valence-electron chi connectivity index (χ3n) is 6.98. The lowest BCUT2D eigenvalue weighted by molar-refractivity contribution is -0.121. The lowest BCUT2D eigenvalue weighted by Crippen LogP contribution is -2.35. The van der Waals surface area contributed by atoms with Gasteiger partial charge in [-0.15, -0.1) is 0 Å². The smallest absolute Gasteiger partial charge is 0.220 e. The highest BCUT2D eigenvalue weighted by atomic mass is 19.1. The van der Waals surface area contributed by atoms with Crippen LogP contribution in [0.2, 0.25) is 0 Å². The standard InChI is InChI=1S/C25H35FN4O/c26-23-11-5-4-10-21(23)15-27-24(31)13-12-19-7-6-14-30(17-19)18-22-16-28-29-25(22)20-8-2-1-3-9-20/h4-5,10-11,16,19-20H,1-3,6-9,12-15,17-18H2,(H,27,31)(H,28,29)/t19-/m1/s1. The maximum absolute atomic E-state index is 13.7. The number of aromatic nitrogens is 2. The van der Waals surface area contributed by atoms with Gasteiger partial charge in [-0.1, -0.05) is 37.5 Å². The van der Waals surface area contributed by atoms with Crippen molar-refractivity contribution >= 4 is 5.91 Å². The van der Waals surface area contributed by atoms with E-state index in [1.165, 1.54) is 62.3 Å². The summed E-state index contributed by atoms with van der Waals surface area (Å²) >= 11 is 0. The quantitative estimate of drug-likeness (QED) is 0.631. The van der Waals surface area contributed by atoms with E-state index in [2.05, 4.69) is 20.4 Å². The Bertz CT molecular complexity index is 846. The molecule has 2 N–H and O–H groups in total. The average molecular weight is 427 g/mol. The van der Waals surface area contributed by atoms with Crippen LogP contribution in [-0.4, -0.2) is 34.1 Å². The van der Waals surface area contributed by atoms with Gasteiger partial charge in [0.05, 0.1) is 6.20 Å². The zero-order valence-electron chi connectivity index (χ0n) is 18.4. The number of likely N-dealkylation sites (tertiary alicyclic amines) is 1. The molecule has 2 heterocycles. The normalized spacial score (nSPS) is 20.6. The molecule has 1 saturated carbocycles. The Hall–Kier alpha value is -2.21. The summed E-state index contributed by atoms with van der Waals surface area (Å²) in [7, 11) is 0. The van der Waals surface area contributed by atoms with Gasteiger partial charge in [0.1, 0.15) is 5.82 Å². The van der Waals surface area contributed by atoms with Crippen molar-refractivity contribution in [3.8, 4) is 0 Å². The van der Waals surface area contributed by atoms with Gasteiger partial charge in [-0.05, 0) is 50.6 Å². The van der Waals surface area contributed by atoms with E-state index in [1.54, 1.807) is 18.2 Å². The molecule has 0 spiro atoms. The van der Waals surface area contributed by atoms with Crippen molar-refractivity contribution in [2.75, 3.05) is 13.1 Å². The highest BCUT2D eigenvalue weighted by Crippen LogP contribution is 2.34. The van der Waals surface area contributed by atoms with Crippen molar-refractivity contribution in [3.05, 3.63) is 53.1 Å². The minimum Gasteiger partial charge on any atom is -0.352 e. The van der Waals surface area contributed by atoms with Crippen molar-refractivity contribution in [1.29, 1.82) is 0 Å². The Morgan fingerprint density at radius 1 is 1.13 bits per heavy atom. The second kappa shape index (κ2) is 10.9. The van der Waals surface area contributed by atoms with Crippen LogP contribution in [-0.2, 0) is 17.9 Å². The number of piperidine rings is 1. The predicted molar refractivity (Wildman–Crippen MR) is 120 cm³/mol. The molecule has 1 saturated heterocycles. The number of halogens is 1. The van der Waals surface area contributed by atoms with E-state index >= 15 is 0 Å². The van der Waals surface area contributed by atoms with Crippen LogP contribution in [0.1, 0.15) is 80.5 Å². The van der Waals surface area contributed by atoms with Gasteiger partial charge in [0, 0.05) is 48.8 Å². The molecule has 1 aliphatic heterocycles. The number of rotatable bonds is 8. The highest BCUT2D eigenvalue weighted by Gasteiger charge is 2.24. The lowest BCUT2D eigenvalue weighted by Gasteiger charge is -2.33. The maximum Gasteiger partial charge on any atom is 0.220 e. The van der Waals surface area contributed by atoms with Crippen LogP contribution in [0.3, 0.4) is 0 Å². The first-order valence-corrected chi connectivity index (χ1v) is 11.9. The fourth-order valence-corrected chi connectivity index (χ4v) is 5.22. The summed E-state index contributed by atoms with van der Waals surface area (Å²) in [4.78, 5) is 14.8. The lowest BCUT2D eigenvalue weighted by atomic mass is 9.85. The summed E-state index contributed by atoms with van der Waals surface area (Å²) in [6, 6.07) is 6.60. The van der Waals surface area contributed by atoms with E-state index in [1.807, 2.05) is 6.20 Å². The molecule has 6 heteroatoms. The Morgan fingerprint density at radius 3 is 2.81 bits per heavy atom. The Morgan fingerprint density at radius 2 is 1.97 bits per heavy atom.